The number of hydrogen-bond acceptors (Lipinski definition) is 3. The van der Waals surface area contributed by atoms with Gasteiger partial charge in [-0.15, -0.1) is 0 Å². The van der Waals surface area contributed by atoms with Gasteiger partial charge in [0.1, 0.15) is 5.75 Å². The van der Waals surface area contributed by atoms with Crippen LogP contribution in [0.15, 0.2) is 18.2 Å². The molecule has 0 fully saturated rings. The molecule has 3 nitrogen and oxygen atoms in total. The molecule has 0 aliphatic heterocycles. The molecule has 0 heterocycles. The van der Waals surface area contributed by atoms with Gasteiger partial charge in [-0.05, 0) is 50.0 Å². The van der Waals surface area contributed by atoms with Gasteiger partial charge in [0.05, 0.1) is 6.61 Å². The number of hydrogen-bond donors (Lipinski definition) is 2. The van der Waals surface area contributed by atoms with Crippen molar-refractivity contribution >= 4 is 0 Å². The lowest BCUT2D eigenvalue weighted by atomic mass is 10.1. The fourth-order valence-corrected chi connectivity index (χ4v) is 1.95. The zero-order valence-electron chi connectivity index (χ0n) is 11.8. The van der Waals surface area contributed by atoms with Crippen LogP contribution >= 0.6 is 0 Å². The molecule has 1 atom stereocenters. The molecular weight excluding hydrogens is 224 g/mol. The summed E-state index contributed by atoms with van der Waals surface area (Å²) in [6.45, 7) is 9.62. The molecule has 0 radical (unpaired) electrons. The fraction of sp³-hybridized carbons (Fsp3) is 0.600. The Bertz CT molecular complexity index is 348. The van der Waals surface area contributed by atoms with E-state index in [9.17, 15) is 0 Å². The van der Waals surface area contributed by atoms with E-state index < -0.39 is 0 Å². The number of aryl methyl sites for hydroxylation is 1. The molecule has 0 spiro atoms. The predicted molar refractivity (Wildman–Crippen MR) is 76.9 cm³/mol. The van der Waals surface area contributed by atoms with Crippen molar-refractivity contribution in [2.24, 2.45) is 11.7 Å². The lowest BCUT2D eigenvalue weighted by Gasteiger charge is -2.14. The van der Waals surface area contributed by atoms with Crippen molar-refractivity contribution in [2.45, 2.75) is 33.7 Å². The van der Waals surface area contributed by atoms with Crippen molar-refractivity contribution in [3.8, 4) is 5.75 Å². The summed E-state index contributed by atoms with van der Waals surface area (Å²) < 4.78 is 5.53. The van der Waals surface area contributed by atoms with Gasteiger partial charge in [-0.2, -0.15) is 0 Å². The SMILES string of the molecule is CCOc1ccc(CNCC(CC)CN)cc1C. The standard InChI is InChI=1S/C15H26N2O/c1-4-13(9-16)10-17-11-14-6-7-15(18-5-2)12(3)8-14/h6-8,13,17H,4-5,9-11,16H2,1-3H3. The summed E-state index contributed by atoms with van der Waals surface area (Å²) in [6, 6.07) is 6.35. The third-order valence-corrected chi connectivity index (χ3v) is 3.21. The Morgan fingerprint density at radius 1 is 1.33 bits per heavy atom. The van der Waals surface area contributed by atoms with Crippen molar-refractivity contribution in [1.82, 2.24) is 5.32 Å². The predicted octanol–water partition coefficient (Wildman–Crippen LogP) is 2.47. The number of rotatable bonds is 8. The van der Waals surface area contributed by atoms with Crippen LogP contribution in [-0.4, -0.2) is 19.7 Å². The number of benzene rings is 1. The second-order valence-corrected chi connectivity index (χ2v) is 4.67. The molecule has 1 aromatic carbocycles. The second kappa shape index (κ2) is 8.11. The Morgan fingerprint density at radius 3 is 2.67 bits per heavy atom. The van der Waals surface area contributed by atoms with Crippen molar-refractivity contribution in [3.63, 3.8) is 0 Å². The van der Waals surface area contributed by atoms with Crippen LogP contribution in [0.1, 0.15) is 31.4 Å². The van der Waals surface area contributed by atoms with E-state index in [2.05, 4.69) is 37.4 Å². The molecule has 3 N–H and O–H groups in total. The Balaban J connectivity index is 2.45. The van der Waals surface area contributed by atoms with E-state index >= 15 is 0 Å². The third kappa shape index (κ3) is 4.67. The first-order valence-corrected chi connectivity index (χ1v) is 6.84. The molecule has 0 aliphatic rings. The van der Waals surface area contributed by atoms with Crippen LogP contribution in [0.3, 0.4) is 0 Å². The Morgan fingerprint density at radius 2 is 2.11 bits per heavy atom. The van der Waals surface area contributed by atoms with Gasteiger partial charge in [0.2, 0.25) is 0 Å². The highest BCUT2D eigenvalue weighted by atomic mass is 16.5. The summed E-state index contributed by atoms with van der Waals surface area (Å²) >= 11 is 0. The Labute approximate surface area is 111 Å². The second-order valence-electron chi connectivity index (χ2n) is 4.67. The van der Waals surface area contributed by atoms with E-state index in [0.29, 0.717) is 12.5 Å². The minimum absolute atomic E-state index is 0.578. The Kier molecular flexibility index (Phi) is 6.76. The molecule has 1 rings (SSSR count). The molecule has 18 heavy (non-hydrogen) atoms. The summed E-state index contributed by atoms with van der Waals surface area (Å²) in [7, 11) is 0. The Hall–Kier alpha value is -1.06. The molecule has 1 aromatic rings. The van der Waals surface area contributed by atoms with Crippen molar-refractivity contribution in [3.05, 3.63) is 29.3 Å². The normalized spacial score (nSPS) is 12.4. The van der Waals surface area contributed by atoms with E-state index in [0.717, 1.165) is 31.8 Å². The largest absolute Gasteiger partial charge is 0.494 e. The van der Waals surface area contributed by atoms with E-state index in [4.69, 9.17) is 10.5 Å². The summed E-state index contributed by atoms with van der Waals surface area (Å²) in [5.74, 6) is 1.56. The minimum atomic E-state index is 0.578. The van der Waals surface area contributed by atoms with Crippen LogP contribution in [0.4, 0.5) is 0 Å². The molecule has 0 aromatic heterocycles. The number of ether oxygens (including phenoxy) is 1. The molecule has 0 saturated heterocycles. The van der Waals surface area contributed by atoms with E-state index in [1.807, 2.05) is 6.92 Å². The quantitative estimate of drug-likeness (QED) is 0.745. The van der Waals surface area contributed by atoms with Crippen LogP contribution in [0, 0.1) is 12.8 Å². The first kappa shape index (κ1) is 15.0. The minimum Gasteiger partial charge on any atom is -0.494 e. The molecule has 102 valence electrons. The summed E-state index contributed by atoms with van der Waals surface area (Å²) in [4.78, 5) is 0. The topological polar surface area (TPSA) is 47.3 Å². The van der Waals surface area contributed by atoms with Gasteiger partial charge in [-0.25, -0.2) is 0 Å². The average Bonchev–Trinajstić information content (AvgIpc) is 2.38. The third-order valence-electron chi connectivity index (χ3n) is 3.21. The van der Waals surface area contributed by atoms with Gasteiger partial charge in [0, 0.05) is 6.54 Å². The fourth-order valence-electron chi connectivity index (χ4n) is 1.95. The van der Waals surface area contributed by atoms with Crippen LogP contribution in [0.2, 0.25) is 0 Å². The molecular formula is C15H26N2O. The highest BCUT2D eigenvalue weighted by Crippen LogP contribution is 2.19. The van der Waals surface area contributed by atoms with Gasteiger partial charge in [-0.3, -0.25) is 0 Å². The van der Waals surface area contributed by atoms with Gasteiger partial charge in [-0.1, -0.05) is 25.5 Å². The first-order chi connectivity index (χ1) is 8.71. The zero-order valence-corrected chi connectivity index (χ0v) is 11.8. The molecule has 1 unspecified atom stereocenters. The van der Waals surface area contributed by atoms with Crippen LogP contribution in [0.25, 0.3) is 0 Å². The zero-order chi connectivity index (χ0) is 13.4. The van der Waals surface area contributed by atoms with Crippen molar-refractivity contribution in [1.29, 1.82) is 0 Å². The molecule has 0 saturated carbocycles. The van der Waals surface area contributed by atoms with Gasteiger partial charge in [0.25, 0.3) is 0 Å². The van der Waals surface area contributed by atoms with E-state index in [1.54, 1.807) is 0 Å². The van der Waals surface area contributed by atoms with Crippen molar-refractivity contribution < 1.29 is 4.74 Å². The summed E-state index contributed by atoms with van der Waals surface area (Å²) in [5.41, 5.74) is 8.17. The lowest BCUT2D eigenvalue weighted by Crippen LogP contribution is -2.27. The maximum Gasteiger partial charge on any atom is 0.122 e. The van der Waals surface area contributed by atoms with Crippen LogP contribution < -0.4 is 15.8 Å². The summed E-state index contributed by atoms with van der Waals surface area (Å²) in [5, 5.41) is 3.46. The number of nitrogens with one attached hydrogen (secondary N) is 1. The van der Waals surface area contributed by atoms with Gasteiger partial charge < -0.3 is 15.8 Å². The maximum absolute atomic E-state index is 5.68. The molecule has 0 bridgehead atoms. The highest BCUT2D eigenvalue weighted by molar-refractivity contribution is 5.36. The highest BCUT2D eigenvalue weighted by Gasteiger charge is 2.04. The van der Waals surface area contributed by atoms with E-state index in [-0.39, 0.29) is 0 Å². The van der Waals surface area contributed by atoms with Gasteiger partial charge in [0.15, 0.2) is 0 Å². The first-order valence-electron chi connectivity index (χ1n) is 6.84. The maximum atomic E-state index is 5.68. The number of nitrogens with two attached hydrogens (primary N) is 1. The summed E-state index contributed by atoms with van der Waals surface area (Å²) in [6.07, 6.45) is 1.13. The van der Waals surface area contributed by atoms with Crippen LogP contribution in [-0.2, 0) is 6.54 Å². The van der Waals surface area contributed by atoms with Crippen LogP contribution in [0.5, 0.6) is 5.75 Å². The van der Waals surface area contributed by atoms with E-state index in [1.165, 1.54) is 11.1 Å². The lowest BCUT2D eigenvalue weighted by molar-refractivity contribution is 0.337. The smallest absolute Gasteiger partial charge is 0.122 e. The molecule has 0 aliphatic carbocycles. The molecule has 3 heteroatoms. The van der Waals surface area contributed by atoms with Gasteiger partial charge >= 0.3 is 0 Å². The van der Waals surface area contributed by atoms with Crippen molar-refractivity contribution in [2.75, 3.05) is 19.7 Å². The average molecular weight is 250 g/mol. The monoisotopic (exact) mass is 250 g/mol. The molecule has 0 amide bonds.